The summed E-state index contributed by atoms with van der Waals surface area (Å²) in [6.45, 7) is 6.31. The fraction of sp³-hybridized carbons (Fsp3) is 0.818. The number of methoxy groups -OCH3 is 1. The molecule has 0 aromatic heterocycles. The number of carbonyl (C=O) groups excluding carboxylic acids is 1. The Labute approximate surface area is 102 Å². The summed E-state index contributed by atoms with van der Waals surface area (Å²) in [5.74, 6) is -0.430. The van der Waals surface area contributed by atoms with Gasteiger partial charge in [0.05, 0.1) is 13.7 Å². The Balaban J connectivity index is 4.56. The van der Waals surface area contributed by atoms with Gasteiger partial charge in [0.25, 0.3) is 0 Å². The maximum absolute atomic E-state index is 11.5. The monoisotopic (exact) mass is 246 g/mol. The smallest absolute Gasteiger partial charge is 0.328 e. The molecule has 100 valence electrons. The molecule has 6 heteroatoms. The van der Waals surface area contributed by atoms with Crippen molar-refractivity contribution in [1.29, 1.82) is 5.41 Å². The second-order valence-corrected chi connectivity index (χ2v) is 4.29. The standard InChI is InChI=1S/C11H22N2O4/c1-7(8(2)17-9(3)12)13-11(4,6-14)10(15)16-5/h7-8,12-14H,6H2,1-5H3/t7-,8?,11+/m1/s1. The molecule has 0 aromatic rings. The molecule has 0 saturated heterocycles. The second-order valence-electron chi connectivity index (χ2n) is 4.29. The maximum atomic E-state index is 11.5. The first-order valence-electron chi connectivity index (χ1n) is 5.45. The van der Waals surface area contributed by atoms with E-state index in [0.717, 1.165) is 0 Å². The quantitative estimate of drug-likeness (QED) is 0.356. The molecule has 0 spiro atoms. The normalized spacial score (nSPS) is 17.8. The molecular weight excluding hydrogens is 224 g/mol. The van der Waals surface area contributed by atoms with E-state index in [0.29, 0.717) is 0 Å². The molecule has 0 bridgehead atoms. The van der Waals surface area contributed by atoms with Gasteiger partial charge in [-0.2, -0.15) is 0 Å². The molecule has 3 N–H and O–H groups in total. The minimum atomic E-state index is -1.16. The minimum absolute atomic E-state index is 0.106. The van der Waals surface area contributed by atoms with Crippen molar-refractivity contribution in [3.63, 3.8) is 0 Å². The summed E-state index contributed by atoms with van der Waals surface area (Å²) in [6.07, 6.45) is -0.289. The van der Waals surface area contributed by atoms with Crippen molar-refractivity contribution in [3.8, 4) is 0 Å². The van der Waals surface area contributed by atoms with Gasteiger partial charge in [-0.1, -0.05) is 0 Å². The zero-order valence-electron chi connectivity index (χ0n) is 11.0. The number of esters is 1. The Morgan fingerprint density at radius 3 is 2.41 bits per heavy atom. The van der Waals surface area contributed by atoms with Crippen molar-refractivity contribution in [2.75, 3.05) is 13.7 Å². The molecule has 0 aromatic carbocycles. The zero-order valence-corrected chi connectivity index (χ0v) is 11.0. The van der Waals surface area contributed by atoms with Gasteiger partial charge in [-0.25, -0.2) is 4.79 Å². The van der Waals surface area contributed by atoms with E-state index >= 15 is 0 Å². The summed E-state index contributed by atoms with van der Waals surface area (Å²) in [5.41, 5.74) is -1.16. The number of aliphatic hydroxyl groups excluding tert-OH is 1. The number of aliphatic hydroxyl groups is 1. The lowest BCUT2D eigenvalue weighted by molar-refractivity contribution is -0.150. The van der Waals surface area contributed by atoms with Crippen LogP contribution < -0.4 is 5.32 Å². The van der Waals surface area contributed by atoms with E-state index in [1.165, 1.54) is 14.0 Å². The van der Waals surface area contributed by atoms with Crippen LogP contribution in [0, 0.1) is 5.41 Å². The average Bonchev–Trinajstić information content (AvgIpc) is 2.26. The van der Waals surface area contributed by atoms with Gasteiger partial charge in [-0.3, -0.25) is 10.7 Å². The largest absolute Gasteiger partial charge is 0.477 e. The number of rotatable bonds is 6. The Hall–Kier alpha value is -1.14. The predicted molar refractivity (Wildman–Crippen MR) is 64.1 cm³/mol. The number of hydrogen-bond acceptors (Lipinski definition) is 6. The fourth-order valence-electron chi connectivity index (χ4n) is 1.40. The van der Waals surface area contributed by atoms with E-state index in [2.05, 4.69) is 10.1 Å². The van der Waals surface area contributed by atoms with Crippen LogP contribution in [0.3, 0.4) is 0 Å². The minimum Gasteiger partial charge on any atom is -0.477 e. The molecule has 0 rings (SSSR count). The summed E-state index contributed by atoms with van der Waals surface area (Å²) in [7, 11) is 1.27. The number of ether oxygens (including phenoxy) is 2. The summed E-state index contributed by atoms with van der Waals surface area (Å²) in [6, 6.07) is -0.216. The highest BCUT2D eigenvalue weighted by Gasteiger charge is 2.36. The lowest BCUT2D eigenvalue weighted by atomic mass is 10.0. The second kappa shape index (κ2) is 6.56. The summed E-state index contributed by atoms with van der Waals surface area (Å²) in [5, 5.41) is 19.4. The molecule has 0 aliphatic carbocycles. The van der Waals surface area contributed by atoms with Crippen molar-refractivity contribution in [1.82, 2.24) is 5.32 Å². The molecule has 0 saturated carbocycles. The Kier molecular flexibility index (Phi) is 6.12. The van der Waals surface area contributed by atoms with Gasteiger partial charge in [0.15, 0.2) is 5.90 Å². The Bertz CT molecular complexity index is 283. The first-order valence-corrected chi connectivity index (χ1v) is 5.45. The molecule has 0 fully saturated rings. The van der Waals surface area contributed by atoms with E-state index in [1.807, 2.05) is 6.92 Å². The molecule has 0 aliphatic heterocycles. The van der Waals surface area contributed by atoms with Gasteiger partial charge in [-0.05, 0) is 20.8 Å². The predicted octanol–water partition coefficient (Wildman–Crippen LogP) is 0.291. The molecular formula is C11H22N2O4. The highest BCUT2D eigenvalue weighted by Crippen LogP contribution is 2.10. The third-order valence-electron chi connectivity index (χ3n) is 2.57. The van der Waals surface area contributed by atoms with Gasteiger partial charge >= 0.3 is 5.97 Å². The lowest BCUT2D eigenvalue weighted by Gasteiger charge is -2.32. The first kappa shape index (κ1) is 15.9. The number of carbonyl (C=O) groups is 1. The molecule has 0 amide bonds. The van der Waals surface area contributed by atoms with Crippen LogP contribution >= 0.6 is 0 Å². The van der Waals surface area contributed by atoms with E-state index in [9.17, 15) is 9.90 Å². The Morgan fingerprint density at radius 2 is 2.06 bits per heavy atom. The number of nitrogens with one attached hydrogen (secondary N) is 2. The molecule has 6 nitrogen and oxygen atoms in total. The van der Waals surface area contributed by atoms with Crippen molar-refractivity contribution in [2.45, 2.75) is 45.4 Å². The summed E-state index contributed by atoms with van der Waals surface area (Å²) in [4.78, 5) is 11.5. The average molecular weight is 246 g/mol. The highest BCUT2D eigenvalue weighted by atomic mass is 16.5. The molecule has 0 aliphatic rings. The zero-order chi connectivity index (χ0) is 13.6. The van der Waals surface area contributed by atoms with Crippen LogP contribution in [0.1, 0.15) is 27.7 Å². The molecule has 1 unspecified atom stereocenters. The van der Waals surface area contributed by atoms with Crippen molar-refractivity contribution >= 4 is 11.9 Å². The third kappa shape index (κ3) is 4.70. The molecule has 0 radical (unpaired) electrons. The third-order valence-corrected chi connectivity index (χ3v) is 2.57. The topological polar surface area (TPSA) is 91.6 Å². The van der Waals surface area contributed by atoms with E-state index in [1.54, 1.807) is 13.8 Å². The summed E-state index contributed by atoms with van der Waals surface area (Å²) >= 11 is 0. The van der Waals surface area contributed by atoms with Crippen molar-refractivity contribution in [2.24, 2.45) is 0 Å². The van der Waals surface area contributed by atoms with Gasteiger partial charge in [0, 0.05) is 13.0 Å². The van der Waals surface area contributed by atoms with Gasteiger partial charge in [-0.15, -0.1) is 0 Å². The Morgan fingerprint density at radius 1 is 1.53 bits per heavy atom. The van der Waals surface area contributed by atoms with Gasteiger partial charge < -0.3 is 14.6 Å². The van der Waals surface area contributed by atoms with Crippen molar-refractivity contribution < 1.29 is 19.4 Å². The molecule has 3 atom stereocenters. The molecule has 0 heterocycles. The van der Waals surface area contributed by atoms with Crippen LogP contribution in [-0.2, 0) is 14.3 Å². The molecule has 17 heavy (non-hydrogen) atoms. The van der Waals surface area contributed by atoms with Gasteiger partial charge in [0.2, 0.25) is 0 Å². The van der Waals surface area contributed by atoms with Crippen LogP contribution in [0.15, 0.2) is 0 Å². The van der Waals surface area contributed by atoms with E-state index in [4.69, 9.17) is 10.1 Å². The van der Waals surface area contributed by atoms with Crippen LogP contribution in [0.2, 0.25) is 0 Å². The lowest BCUT2D eigenvalue weighted by Crippen LogP contribution is -2.58. The van der Waals surface area contributed by atoms with Crippen LogP contribution in [0.4, 0.5) is 0 Å². The van der Waals surface area contributed by atoms with Crippen LogP contribution in [0.5, 0.6) is 0 Å². The van der Waals surface area contributed by atoms with Crippen LogP contribution in [0.25, 0.3) is 0 Å². The highest BCUT2D eigenvalue weighted by molar-refractivity contribution is 5.80. The van der Waals surface area contributed by atoms with E-state index in [-0.39, 0.29) is 24.7 Å². The van der Waals surface area contributed by atoms with Crippen molar-refractivity contribution in [3.05, 3.63) is 0 Å². The summed E-state index contributed by atoms with van der Waals surface area (Å²) < 4.78 is 9.83. The van der Waals surface area contributed by atoms with E-state index < -0.39 is 11.5 Å². The maximum Gasteiger partial charge on any atom is 0.328 e. The fourth-order valence-corrected chi connectivity index (χ4v) is 1.40. The van der Waals surface area contributed by atoms with Crippen LogP contribution in [-0.4, -0.2) is 48.4 Å². The van der Waals surface area contributed by atoms with Gasteiger partial charge in [0.1, 0.15) is 11.6 Å². The first-order chi connectivity index (χ1) is 7.76. The number of hydrogen-bond donors (Lipinski definition) is 3. The SMILES string of the molecule is COC(=O)[C@](C)(CO)N[C@H](C)C(C)OC(C)=N.